The van der Waals surface area contributed by atoms with Gasteiger partial charge in [-0.15, -0.1) is 0 Å². The Morgan fingerprint density at radius 1 is 0.451 bits per heavy atom. The van der Waals surface area contributed by atoms with Crippen molar-refractivity contribution in [3.8, 4) is 0 Å². The minimum atomic E-state index is -1.98. The number of aliphatic hydroxyl groups excluding tert-OH is 11. The number of carbonyl (C=O) groups is 1. The summed E-state index contributed by atoms with van der Waals surface area (Å²) in [5.41, 5.74) is 0. The molecule has 17 unspecified atom stereocenters. The normalized spacial score (nSPS) is 29.9. The third-order valence-electron chi connectivity index (χ3n) is 15.9. The molecule has 0 radical (unpaired) electrons. The lowest BCUT2D eigenvalue weighted by Gasteiger charge is -2.48. The lowest BCUT2D eigenvalue weighted by Crippen LogP contribution is -2.66. The van der Waals surface area contributed by atoms with E-state index in [1.807, 2.05) is 0 Å². The molecule has 17 atom stereocenters. The van der Waals surface area contributed by atoms with Crippen LogP contribution in [-0.4, -0.2) is 193 Å². The molecule has 0 aliphatic carbocycles. The highest BCUT2D eigenvalue weighted by Gasteiger charge is 2.53. The maximum atomic E-state index is 13.3. The Morgan fingerprint density at radius 3 is 1.29 bits per heavy atom. The summed E-state index contributed by atoms with van der Waals surface area (Å²) < 4.78 is 34.3. The van der Waals surface area contributed by atoms with Crippen LogP contribution in [0.3, 0.4) is 0 Å². The van der Waals surface area contributed by atoms with Crippen molar-refractivity contribution in [3.05, 3.63) is 48.6 Å². The van der Waals surface area contributed by atoms with Gasteiger partial charge in [0.25, 0.3) is 0 Å². The summed E-state index contributed by atoms with van der Waals surface area (Å²) in [6.07, 6.45) is 24.9. The molecule has 12 N–H and O–H groups in total. The van der Waals surface area contributed by atoms with Gasteiger partial charge in [0, 0.05) is 6.42 Å². The molecule has 1 amide bonds. The summed E-state index contributed by atoms with van der Waals surface area (Å²) >= 11 is 0. The van der Waals surface area contributed by atoms with Gasteiger partial charge in [-0.3, -0.25) is 4.79 Å². The standard InChI is InChI=1S/C63H113NO18/c1-3-5-7-9-11-13-15-17-19-20-21-22-23-24-25-27-28-30-32-34-36-38-40-47(68)46(64-51(69)41-39-37-35-33-31-29-26-18-16-14-12-10-8-6-4-2)45-77-61-57(75)54(72)59(49(43-66)79-61)82-63-58(76)55(73)60(50(44-67)80-63)81-62-56(74)53(71)52(70)48(42-65)78-62/h6,8,12,14,18,26,31,33,46-50,52-63,65-68,70-76H,3-5,7,9-11,13,15-17,19-25,27-30,32,34-45H2,1-2H3,(H,64,69)/b8-6-,14-12-,26-18-,33-31-. The number of hydrogen-bond acceptors (Lipinski definition) is 18. The molecule has 0 bridgehead atoms. The highest BCUT2D eigenvalue weighted by atomic mass is 16.8. The number of ether oxygens (including phenoxy) is 6. The fourth-order valence-electron chi connectivity index (χ4n) is 10.7. The van der Waals surface area contributed by atoms with E-state index in [1.165, 1.54) is 116 Å². The SMILES string of the molecule is CC/C=C\C/C=C\C/C=C\C/C=C\CCCCC(=O)NC(COC1OC(CO)C(OC2OC(CO)C(OC3OC(CO)C(O)C(O)C3O)C(O)C2O)C(O)C1O)C(O)CCCCCCCCCCCCCCCCCCCCCCCC. The Kier molecular flexibility index (Phi) is 41.5. The molecule has 3 aliphatic heterocycles. The van der Waals surface area contributed by atoms with Crippen molar-refractivity contribution in [1.29, 1.82) is 0 Å². The summed E-state index contributed by atoms with van der Waals surface area (Å²) in [4.78, 5) is 13.3. The highest BCUT2D eigenvalue weighted by Crippen LogP contribution is 2.33. The van der Waals surface area contributed by atoms with Crippen LogP contribution >= 0.6 is 0 Å². The van der Waals surface area contributed by atoms with Crippen molar-refractivity contribution in [2.75, 3.05) is 26.4 Å². The highest BCUT2D eigenvalue weighted by molar-refractivity contribution is 5.76. The molecular formula is C63H113NO18. The molecule has 0 aromatic heterocycles. The molecule has 19 heteroatoms. The fourth-order valence-corrected chi connectivity index (χ4v) is 10.7. The van der Waals surface area contributed by atoms with E-state index in [4.69, 9.17) is 28.4 Å². The predicted octanol–water partition coefficient (Wildman–Crippen LogP) is 6.65. The van der Waals surface area contributed by atoms with Gasteiger partial charge in [0.05, 0.1) is 38.6 Å². The van der Waals surface area contributed by atoms with Crippen LogP contribution in [0.25, 0.3) is 0 Å². The van der Waals surface area contributed by atoms with Crippen LogP contribution in [0.4, 0.5) is 0 Å². The number of rotatable bonds is 47. The van der Waals surface area contributed by atoms with Crippen LogP contribution in [-0.2, 0) is 33.2 Å². The first-order chi connectivity index (χ1) is 39.8. The lowest BCUT2D eigenvalue weighted by atomic mass is 9.96. The van der Waals surface area contributed by atoms with Crippen LogP contribution in [0.2, 0.25) is 0 Å². The maximum Gasteiger partial charge on any atom is 0.220 e. The monoisotopic (exact) mass is 1170 g/mol. The third-order valence-corrected chi connectivity index (χ3v) is 15.9. The van der Waals surface area contributed by atoms with Crippen molar-refractivity contribution in [2.24, 2.45) is 0 Å². The molecule has 82 heavy (non-hydrogen) atoms. The first kappa shape index (κ1) is 74.0. The number of carbonyl (C=O) groups excluding carboxylic acids is 1. The average Bonchev–Trinajstić information content (AvgIpc) is 3.40. The second-order valence-corrected chi connectivity index (χ2v) is 22.8. The van der Waals surface area contributed by atoms with Gasteiger partial charge >= 0.3 is 0 Å². The molecule has 0 spiro atoms. The van der Waals surface area contributed by atoms with E-state index in [0.29, 0.717) is 12.8 Å². The second kappa shape index (κ2) is 46.0. The summed E-state index contributed by atoms with van der Waals surface area (Å²) in [5, 5.41) is 120. The molecule has 3 heterocycles. The molecule has 3 saturated heterocycles. The summed E-state index contributed by atoms with van der Waals surface area (Å²) in [5.74, 6) is -0.283. The number of unbranched alkanes of at least 4 members (excludes halogenated alkanes) is 23. The van der Waals surface area contributed by atoms with Crippen LogP contribution in [0.15, 0.2) is 48.6 Å². The molecule has 0 aromatic carbocycles. The van der Waals surface area contributed by atoms with Gasteiger partial charge in [-0.05, 0) is 51.4 Å². The summed E-state index contributed by atoms with van der Waals surface area (Å²) in [6, 6.07) is -0.910. The first-order valence-electron chi connectivity index (χ1n) is 31.9. The van der Waals surface area contributed by atoms with Crippen molar-refractivity contribution >= 4 is 5.91 Å². The van der Waals surface area contributed by atoms with E-state index >= 15 is 0 Å². The second-order valence-electron chi connectivity index (χ2n) is 22.8. The molecule has 3 rings (SSSR count). The topological polar surface area (TPSA) is 307 Å². The summed E-state index contributed by atoms with van der Waals surface area (Å²) in [6.45, 7) is 1.65. The van der Waals surface area contributed by atoms with E-state index in [-0.39, 0.29) is 18.9 Å². The molecule has 0 saturated carbocycles. The van der Waals surface area contributed by atoms with Gasteiger partial charge in [0.2, 0.25) is 5.91 Å². The van der Waals surface area contributed by atoms with Gasteiger partial charge in [0.15, 0.2) is 18.9 Å². The molecule has 0 aromatic rings. The zero-order valence-corrected chi connectivity index (χ0v) is 50.0. The van der Waals surface area contributed by atoms with Crippen LogP contribution < -0.4 is 5.32 Å². The number of hydrogen-bond donors (Lipinski definition) is 12. The van der Waals surface area contributed by atoms with E-state index in [2.05, 4.69) is 67.8 Å². The zero-order chi connectivity index (χ0) is 59.7. The lowest BCUT2D eigenvalue weighted by molar-refractivity contribution is -0.379. The van der Waals surface area contributed by atoms with E-state index in [9.17, 15) is 61.0 Å². The molecular weight excluding hydrogens is 1060 g/mol. The van der Waals surface area contributed by atoms with Crippen LogP contribution in [0.1, 0.15) is 213 Å². The van der Waals surface area contributed by atoms with Crippen molar-refractivity contribution < 1.29 is 89.4 Å². The van der Waals surface area contributed by atoms with E-state index in [0.717, 1.165) is 64.2 Å². The van der Waals surface area contributed by atoms with Gasteiger partial charge in [-0.25, -0.2) is 0 Å². The van der Waals surface area contributed by atoms with Crippen molar-refractivity contribution in [2.45, 2.75) is 317 Å². The Bertz CT molecular complexity index is 1680. The summed E-state index contributed by atoms with van der Waals surface area (Å²) in [7, 11) is 0. The number of aliphatic hydroxyl groups is 11. The zero-order valence-electron chi connectivity index (χ0n) is 50.0. The minimum absolute atomic E-state index is 0.213. The van der Waals surface area contributed by atoms with Crippen molar-refractivity contribution in [1.82, 2.24) is 5.32 Å². The quantitative estimate of drug-likeness (QED) is 0.0224. The van der Waals surface area contributed by atoms with Crippen LogP contribution in [0, 0.1) is 0 Å². The van der Waals surface area contributed by atoms with Crippen LogP contribution in [0.5, 0.6) is 0 Å². The Balaban J connectivity index is 1.47. The Labute approximate surface area is 491 Å². The first-order valence-corrected chi connectivity index (χ1v) is 31.9. The largest absolute Gasteiger partial charge is 0.394 e. The van der Waals surface area contributed by atoms with E-state index in [1.54, 1.807) is 0 Å². The molecule has 19 nitrogen and oxygen atoms in total. The van der Waals surface area contributed by atoms with Gasteiger partial charge in [-0.1, -0.05) is 204 Å². The Morgan fingerprint density at radius 2 is 0.841 bits per heavy atom. The molecule has 478 valence electrons. The van der Waals surface area contributed by atoms with Gasteiger partial charge in [0.1, 0.15) is 73.2 Å². The fraction of sp³-hybridized carbons (Fsp3) is 0.857. The number of nitrogens with one attached hydrogen (secondary N) is 1. The molecule has 3 fully saturated rings. The van der Waals surface area contributed by atoms with Gasteiger partial charge < -0.3 is 89.9 Å². The smallest absolute Gasteiger partial charge is 0.220 e. The molecule has 3 aliphatic rings. The van der Waals surface area contributed by atoms with Gasteiger partial charge in [-0.2, -0.15) is 0 Å². The number of amides is 1. The van der Waals surface area contributed by atoms with Crippen molar-refractivity contribution in [3.63, 3.8) is 0 Å². The van der Waals surface area contributed by atoms with E-state index < -0.39 is 124 Å². The third kappa shape index (κ3) is 29.0. The Hall–Kier alpha value is -2.25. The minimum Gasteiger partial charge on any atom is -0.394 e. The number of allylic oxidation sites excluding steroid dienone is 8. The average molecular weight is 1170 g/mol. The maximum absolute atomic E-state index is 13.3. The predicted molar refractivity (Wildman–Crippen MR) is 314 cm³/mol.